The number of nitrogens with zero attached hydrogens (tertiary/aromatic N) is 1. The van der Waals surface area contributed by atoms with Crippen molar-refractivity contribution < 1.29 is 19.1 Å². The predicted molar refractivity (Wildman–Crippen MR) is 105 cm³/mol. The van der Waals surface area contributed by atoms with Crippen LogP contribution in [-0.2, 0) is 22.4 Å². The number of carbonyl (C=O) groups excluding carboxylic acids is 3. The SMILES string of the molecule is CC(OC(=O)c1c2c(nc3ccccc13)CCC2)C(=O)NC(=O)NC(C)(C)C. The summed E-state index contributed by atoms with van der Waals surface area (Å²) in [6.07, 6.45) is 1.40. The van der Waals surface area contributed by atoms with Gasteiger partial charge in [-0.3, -0.25) is 15.1 Å². The first-order chi connectivity index (χ1) is 13.2. The number of urea groups is 1. The predicted octanol–water partition coefficient (Wildman–Crippen LogP) is 2.89. The molecule has 0 radical (unpaired) electrons. The van der Waals surface area contributed by atoms with Crippen LogP contribution in [0.2, 0.25) is 0 Å². The van der Waals surface area contributed by atoms with E-state index in [9.17, 15) is 14.4 Å². The Morgan fingerprint density at radius 1 is 1.14 bits per heavy atom. The van der Waals surface area contributed by atoms with Crippen LogP contribution >= 0.6 is 0 Å². The van der Waals surface area contributed by atoms with E-state index in [2.05, 4.69) is 15.6 Å². The number of hydrogen-bond donors (Lipinski definition) is 2. The Morgan fingerprint density at radius 3 is 2.57 bits per heavy atom. The topological polar surface area (TPSA) is 97.4 Å². The summed E-state index contributed by atoms with van der Waals surface area (Å²) >= 11 is 0. The van der Waals surface area contributed by atoms with Gasteiger partial charge < -0.3 is 10.1 Å². The van der Waals surface area contributed by atoms with Gasteiger partial charge in [0, 0.05) is 16.6 Å². The van der Waals surface area contributed by atoms with Crippen molar-refractivity contribution in [3.8, 4) is 0 Å². The van der Waals surface area contributed by atoms with Crippen LogP contribution in [0.5, 0.6) is 0 Å². The molecule has 0 bridgehead atoms. The van der Waals surface area contributed by atoms with Gasteiger partial charge in [-0.2, -0.15) is 0 Å². The fourth-order valence-corrected chi connectivity index (χ4v) is 3.30. The van der Waals surface area contributed by atoms with Gasteiger partial charge in [-0.15, -0.1) is 0 Å². The Morgan fingerprint density at radius 2 is 1.86 bits per heavy atom. The van der Waals surface area contributed by atoms with Gasteiger partial charge in [0.2, 0.25) is 0 Å². The molecule has 7 heteroatoms. The van der Waals surface area contributed by atoms with Crippen molar-refractivity contribution in [2.75, 3.05) is 0 Å². The van der Waals surface area contributed by atoms with E-state index in [1.165, 1.54) is 6.92 Å². The first-order valence-corrected chi connectivity index (χ1v) is 9.40. The van der Waals surface area contributed by atoms with E-state index in [-0.39, 0.29) is 0 Å². The number of fused-ring (bicyclic) bond motifs is 2. The van der Waals surface area contributed by atoms with Crippen LogP contribution in [0.1, 0.15) is 55.7 Å². The minimum absolute atomic E-state index is 0.469. The standard InChI is InChI=1S/C21H25N3O4/c1-12(18(25)23-20(27)24-21(2,3)4)28-19(26)17-13-8-5-6-10-15(13)22-16-11-7-9-14(16)17/h5-6,8,10,12H,7,9,11H2,1-4H3,(H2,23,24,25,27). The lowest BCUT2D eigenvalue weighted by atomic mass is 10.0. The summed E-state index contributed by atoms with van der Waals surface area (Å²) in [5, 5.41) is 5.55. The molecule has 2 N–H and O–H groups in total. The van der Waals surface area contributed by atoms with E-state index in [1.807, 2.05) is 24.3 Å². The number of benzene rings is 1. The maximum absolute atomic E-state index is 12.9. The molecule has 0 spiro atoms. The Hall–Kier alpha value is -2.96. The number of amides is 3. The number of carbonyl (C=O) groups is 3. The van der Waals surface area contributed by atoms with Crippen molar-refractivity contribution in [2.24, 2.45) is 0 Å². The summed E-state index contributed by atoms with van der Waals surface area (Å²) in [7, 11) is 0. The van der Waals surface area contributed by atoms with Crippen molar-refractivity contribution in [2.45, 2.75) is 58.6 Å². The number of aromatic nitrogens is 1. The maximum atomic E-state index is 12.9. The van der Waals surface area contributed by atoms with Gasteiger partial charge in [0.05, 0.1) is 11.1 Å². The van der Waals surface area contributed by atoms with Crippen molar-refractivity contribution in [1.29, 1.82) is 0 Å². The van der Waals surface area contributed by atoms with Crippen molar-refractivity contribution in [3.05, 3.63) is 41.1 Å². The van der Waals surface area contributed by atoms with Gasteiger partial charge in [0.15, 0.2) is 6.10 Å². The maximum Gasteiger partial charge on any atom is 0.339 e. The second-order valence-electron chi connectivity index (χ2n) is 8.02. The van der Waals surface area contributed by atoms with Gasteiger partial charge in [-0.1, -0.05) is 18.2 Å². The molecule has 1 aliphatic rings. The Kier molecular flexibility index (Phi) is 5.36. The largest absolute Gasteiger partial charge is 0.449 e. The van der Waals surface area contributed by atoms with Crippen molar-refractivity contribution in [3.63, 3.8) is 0 Å². The van der Waals surface area contributed by atoms with Gasteiger partial charge in [-0.05, 0) is 58.6 Å². The van der Waals surface area contributed by atoms with Crippen LogP contribution in [0, 0.1) is 0 Å². The quantitative estimate of drug-likeness (QED) is 0.795. The van der Waals surface area contributed by atoms with E-state index < -0.39 is 29.6 Å². The summed E-state index contributed by atoms with van der Waals surface area (Å²) in [5.74, 6) is -1.25. The number of hydrogen-bond acceptors (Lipinski definition) is 5. The number of imide groups is 1. The molecule has 0 saturated carbocycles. The minimum Gasteiger partial charge on any atom is -0.449 e. The highest BCUT2D eigenvalue weighted by Gasteiger charge is 2.28. The highest BCUT2D eigenvalue weighted by Crippen LogP contribution is 2.30. The number of rotatable bonds is 3. The number of pyridine rings is 1. The smallest absolute Gasteiger partial charge is 0.339 e. The van der Waals surface area contributed by atoms with E-state index in [4.69, 9.17) is 4.74 Å². The molecule has 3 rings (SSSR count). The second kappa shape index (κ2) is 7.58. The molecule has 0 fully saturated rings. The number of ether oxygens (including phenoxy) is 1. The molecule has 3 amide bonds. The molecule has 0 saturated heterocycles. The average Bonchev–Trinajstić information content (AvgIpc) is 3.05. The molecule has 1 heterocycles. The van der Waals surface area contributed by atoms with Crippen molar-refractivity contribution >= 4 is 28.8 Å². The zero-order chi connectivity index (χ0) is 20.5. The zero-order valence-corrected chi connectivity index (χ0v) is 16.6. The molecule has 1 aromatic heterocycles. The van der Waals surface area contributed by atoms with Crippen LogP contribution < -0.4 is 10.6 Å². The number of para-hydroxylation sites is 1. The zero-order valence-electron chi connectivity index (χ0n) is 16.6. The molecular formula is C21H25N3O4. The lowest BCUT2D eigenvalue weighted by Gasteiger charge is -2.21. The molecule has 2 aromatic rings. The van der Waals surface area contributed by atoms with E-state index in [0.29, 0.717) is 10.9 Å². The first-order valence-electron chi connectivity index (χ1n) is 9.40. The molecular weight excluding hydrogens is 358 g/mol. The molecule has 28 heavy (non-hydrogen) atoms. The third-order valence-corrected chi connectivity index (χ3v) is 4.50. The van der Waals surface area contributed by atoms with Crippen LogP contribution in [0.25, 0.3) is 10.9 Å². The summed E-state index contributed by atoms with van der Waals surface area (Å²) in [5.41, 5.74) is 2.52. The molecule has 1 unspecified atom stereocenters. The minimum atomic E-state index is -1.11. The van der Waals surface area contributed by atoms with Gasteiger partial charge in [0.25, 0.3) is 5.91 Å². The Bertz CT molecular complexity index is 947. The normalized spacial score (nSPS) is 14.3. The molecule has 1 atom stereocenters. The number of aryl methyl sites for hydroxylation is 1. The Balaban J connectivity index is 1.78. The van der Waals surface area contributed by atoms with Gasteiger partial charge >= 0.3 is 12.0 Å². The van der Waals surface area contributed by atoms with Gasteiger partial charge in [-0.25, -0.2) is 9.59 Å². The highest BCUT2D eigenvalue weighted by atomic mass is 16.5. The molecule has 148 valence electrons. The summed E-state index contributed by atoms with van der Waals surface area (Å²) in [6, 6.07) is 6.78. The van der Waals surface area contributed by atoms with Crippen molar-refractivity contribution in [1.82, 2.24) is 15.6 Å². The third-order valence-electron chi connectivity index (χ3n) is 4.50. The summed E-state index contributed by atoms with van der Waals surface area (Å²) in [6.45, 7) is 6.85. The molecule has 0 aliphatic heterocycles. The first kappa shape index (κ1) is 19.8. The molecule has 7 nitrogen and oxygen atoms in total. The second-order valence-corrected chi connectivity index (χ2v) is 8.02. The fourth-order valence-electron chi connectivity index (χ4n) is 3.30. The monoisotopic (exact) mass is 383 g/mol. The fraction of sp³-hybridized carbons (Fsp3) is 0.429. The van der Waals surface area contributed by atoms with Gasteiger partial charge in [0.1, 0.15) is 0 Å². The highest BCUT2D eigenvalue weighted by molar-refractivity contribution is 6.06. The lowest BCUT2D eigenvalue weighted by Crippen LogP contribution is -2.50. The summed E-state index contributed by atoms with van der Waals surface area (Å²) < 4.78 is 5.40. The van der Waals surface area contributed by atoms with E-state index in [0.717, 1.165) is 36.0 Å². The van der Waals surface area contributed by atoms with Crippen LogP contribution in [0.3, 0.4) is 0 Å². The molecule has 1 aromatic carbocycles. The van der Waals surface area contributed by atoms with Crippen LogP contribution in [0.15, 0.2) is 24.3 Å². The summed E-state index contributed by atoms with van der Waals surface area (Å²) in [4.78, 5) is 41.7. The number of esters is 1. The Labute approximate surface area is 163 Å². The molecule has 1 aliphatic carbocycles. The van der Waals surface area contributed by atoms with E-state index >= 15 is 0 Å². The van der Waals surface area contributed by atoms with E-state index in [1.54, 1.807) is 20.8 Å². The van der Waals surface area contributed by atoms with Crippen LogP contribution in [0.4, 0.5) is 4.79 Å². The lowest BCUT2D eigenvalue weighted by molar-refractivity contribution is -0.127. The average molecular weight is 383 g/mol. The number of nitrogens with one attached hydrogen (secondary N) is 2. The van der Waals surface area contributed by atoms with Crippen LogP contribution in [-0.4, -0.2) is 34.5 Å². The third kappa shape index (κ3) is 4.30.